The number of imidazole rings is 1. The van der Waals surface area contributed by atoms with E-state index >= 15 is 8.78 Å². The van der Waals surface area contributed by atoms with E-state index in [1.807, 2.05) is 13.0 Å². The maximum atomic E-state index is 15.2. The van der Waals surface area contributed by atoms with Crippen molar-refractivity contribution in [1.29, 1.82) is 0 Å². The van der Waals surface area contributed by atoms with E-state index in [0.29, 0.717) is 30.2 Å². The Hall–Kier alpha value is -3.76. The Morgan fingerprint density at radius 1 is 1.18 bits per heavy atom. The Morgan fingerprint density at radius 2 is 1.93 bits per heavy atom. The van der Waals surface area contributed by atoms with Gasteiger partial charge in [0.25, 0.3) is 0 Å². The number of fused-ring (bicyclic) bond motifs is 1. The van der Waals surface area contributed by atoms with E-state index in [-0.39, 0.29) is 60.5 Å². The van der Waals surface area contributed by atoms with Crippen LogP contribution in [0.2, 0.25) is 0 Å². The molecule has 0 unspecified atom stereocenters. The molecule has 2 saturated heterocycles. The van der Waals surface area contributed by atoms with Gasteiger partial charge in [-0.3, -0.25) is 4.98 Å². The van der Waals surface area contributed by atoms with E-state index in [4.69, 9.17) is 15.2 Å². The number of nitrogens with zero attached hydrogens (tertiary/aromatic N) is 5. The molecule has 4 aromatic rings. The second kappa shape index (κ2) is 11.6. The number of pyridine rings is 1. The average molecular weight is 630 g/mol. The molecule has 0 saturated carbocycles. The minimum atomic E-state index is -3.14. The molecule has 44 heavy (non-hydrogen) atoms. The quantitative estimate of drug-likeness (QED) is 0.250. The molecule has 2 aliphatic rings. The van der Waals surface area contributed by atoms with Gasteiger partial charge in [0.05, 0.1) is 72.2 Å². The number of ether oxygens (including phenoxy) is 2. The summed E-state index contributed by atoms with van der Waals surface area (Å²) in [5.41, 5.74) is 6.90. The normalized spacial score (nSPS) is 21.8. The summed E-state index contributed by atoms with van der Waals surface area (Å²) in [6.45, 7) is 3.07. The van der Waals surface area contributed by atoms with E-state index in [0.717, 1.165) is 17.8 Å². The van der Waals surface area contributed by atoms with Gasteiger partial charge in [-0.15, -0.1) is 0 Å². The van der Waals surface area contributed by atoms with Crippen LogP contribution in [0.25, 0.3) is 16.8 Å². The number of hydrogen-bond donors (Lipinski definition) is 3. The maximum Gasteiger partial charge on any atom is 0.229 e. The standard InChI is InChI=1S/C29H33F2N7O5S/c1-17-13-37(14-22(32)27(17)43-7-8-44(2,40)41)25-5-6-33-12-24(25)35-28-34-11-19-3-4-23(36-38(19)28)26-20(30)9-18(10-21(26)31)29(39)15-42-16-29/h3-6,9-12,17,22,27,39H,7-8,13-16,32H2,1-2H3,(H,34,35)/t17-,22+,27-/m0/s1. The van der Waals surface area contributed by atoms with Crippen LogP contribution in [0.1, 0.15) is 12.5 Å². The Labute approximate surface area is 252 Å². The zero-order valence-corrected chi connectivity index (χ0v) is 25.0. The number of nitrogens with two attached hydrogens (primary N) is 1. The second-order valence-corrected chi connectivity index (χ2v) is 13.8. The van der Waals surface area contributed by atoms with Crippen molar-refractivity contribution >= 4 is 32.7 Å². The van der Waals surface area contributed by atoms with Crippen molar-refractivity contribution < 1.29 is 31.8 Å². The predicted octanol–water partition coefficient (Wildman–Crippen LogP) is 2.24. The van der Waals surface area contributed by atoms with Crippen molar-refractivity contribution in [2.24, 2.45) is 11.7 Å². The molecule has 234 valence electrons. The zero-order chi connectivity index (χ0) is 31.2. The number of sulfone groups is 1. The van der Waals surface area contributed by atoms with E-state index in [1.54, 1.807) is 24.7 Å². The number of anilines is 3. The first kappa shape index (κ1) is 30.3. The summed E-state index contributed by atoms with van der Waals surface area (Å²) >= 11 is 0. The number of benzene rings is 1. The average Bonchev–Trinajstić information content (AvgIpc) is 3.34. The molecule has 4 N–H and O–H groups in total. The summed E-state index contributed by atoms with van der Waals surface area (Å²) < 4.78 is 65.8. The molecular formula is C29H33F2N7O5S. The molecule has 2 aliphatic heterocycles. The Morgan fingerprint density at radius 3 is 2.59 bits per heavy atom. The first-order valence-corrected chi connectivity index (χ1v) is 16.1. The Balaban J connectivity index is 1.24. The maximum absolute atomic E-state index is 15.2. The molecule has 5 heterocycles. The summed E-state index contributed by atoms with van der Waals surface area (Å²) in [5.74, 6) is -1.48. The van der Waals surface area contributed by atoms with Crippen molar-refractivity contribution in [3.63, 3.8) is 0 Å². The summed E-state index contributed by atoms with van der Waals surface area (Å²) in [7, 11) is -3.14. The minimum absolute atomic E-state index is 0.00418. The zero-order valence-electron chi connectivity index (χ0n) is 24.2. The molecule has 3 atom stereocenters. The van der Waals surface area contributed by atoms with Crippen molar-refractivity contribution in [1.82, 2.24) is 19.6 Å². The number of aliphatic hydroxyl groups is 1. The van der Waals surface area contributed by atoms with Crippen LogP contribution in [0.15, 0.2) is 48.9 Å². The van der Waals surface area contributed by atoms with Crippen molar-refractivity contribution in [3.05, 3.63) is 66.1 Å². The molecule has 1 aromatic carbocycles. The van der Waals surface area contributed by atoms with Crippen LogP contribution >= 0.6 is 0 Å². The van der Waals surface area contributed by atoms with Gasteiger partial charge in [-0.25, -0.2) is 22.2 Å². The number of aromatic nitrogens is 4. The van der Waals surface area contributed by atoms with E-state index in [9.17, 15) is 13.5 Å². The third kappa shape index (κ3) is 5.97. The van der Waals surface area contributed by atoms with Gasteiger partial charge in [0.2, 0.25) is 5.95 Å². The molecule has 0 spiro atoms. The van der Waals surface area contributed by atoms with Crippen LogP contribution in [0.5, 0.6) is 0 Å². The highest BCUT2D eigenvalue weighted by Gasteiger charge is 2.39. The van der Waals surface area contributed by atoms with Gasteiger partial charge in [0.15, 0.2) is 0 Å². The summed E-state index contributed by atoms with van der Waals surface area (Å²) in [6, 6.07) is 6.84. The summed E-state index contributed by atoms with van der Waals surface area (Å²) in [4.78, 5) is 10.8. The lowest BCUT2D eigenvalue weighted by Crippen LogP contribution is -2.57. The monoisotopic (exact) mass is 629 g/mol. The smallest absolute Gasteiger partial charge is 0.229 e. The fraction of sp³-hybridized carbons (Fsp3) is 0.414. The summed E-state index contributed by atoms with van der Waals surface area (Å²) in [6.07, 6.45) is 5.75. The van der Waals surface area contributed by atoms with Crippen molar-refractivity contribution in [2.75, 3.05) is 55.1 Å². The molecular weight excluding hydrogens is 596 g/mol. The molecule has 2 fully saturated rings. The van der Waals surface area contributed by atoms with Gasteiger partial charge in [-0.05, 0) is 35.9 Å². The van der Waals surface area contributed by atoms with Crippen molar-refractivity contribution in [3.8, 4) is 11.3 Å². The summed E-state index contributed by atoms with van der Waals surface area (Å²) in [5, 5.41) is 18.2. The molecule has 6 rings (SSSR count). The largest absolute Gasteiger partial charge is 0.380 e. The van der Waals surface area contributed by atoms with Gasteiger partial charge >= 0.3 is 0 Å². The molecule has 0 aliphatic carbocycles. The fourth-order valence-electron chi connectivity index (χ4n) is 5.66. The Kier molecular flexibility index (Phi) is 8.00. The van der Waals surface area contributed by atoms with Crippen LogP contribution in [0.3, 0.4) is 0 Å². The number of rotatable bonds is 9. The van der Waals surface area contributed by atoms with E-state index in [2.05, 4.69) is 25.3 Å². The van der Waals surface area contributed by atoms with Crippen LogP contribution in [0.4, 0.5) is 26.1 Å². The fourth-order valence-corrected chi connectivity index (χ4v) is 6.06. The lowest BCUT2D eigenvalue weighted by molar-refractivity contribution is -0.184. The first-order valence-electron chi connectivity index (χ1n) is 14.1. The SMILES string of the molecule is C[C@H]1CN(c2ccncc2Nc2ncc3ccc(-c4c(F)cc(C5(O)COC5)cc4F)nn23)C[C@@H](N)[C@H]1OCCS(C)(=O)=O. The minimum Gasteiger partial charge on any atom is -0.380 e. The van der Waals surface area contributed by atoms with E-state index < -0.39 is 27.1 Å². The van der Waals surface area contributed by atoms with Crippen LogP contribution in [-0.2, 0) is 24.9 Å². The van der Waals surface area contributed by atoms with Gasteiger partial charge in [-0.2, -0.15) is 9.61 Å². The van der Waals surface area contributed by atoms with Crippen molar-refractivity contribution in [2.45, 2.75) is 24.7 Å². The van der Waals surface area contributed by atoms with E-state index in [1.165, 1.54) is 16.8 Å². The second-order valence-electron chi connectivity index (χ2n) is 11.5. The predicted molar refractivity (Wildman–Crippen MR) is 159 cm³/mol. The van der Waals surface area contributed by atoms with Gasteiger partial charge in [0.1, 0.15) is 27.1 Å². The third-order valence-electron chi connectivity index (χ3n) is 7.97. The number of nitrogens with one attached hydrogen (secondary N) is 1. The van der Waals surface area contributed by atoms with Crippen LogP contribution in [-0.4, -0.2) is 90.2 Å². The lowest BCUT2D eigenvalue weighted by Gasteiger charge is -2.42. The molecule has 15 heteroatoms. The first-order chi connectivity index (χ1) is 20.9. The molecule has 12 nitrogen and oxygen atoms in total. The number of hydrogen-bond acceptors (Lipinski definition) is 11. The van der Waals surface area contributed by atoms with Gasteiger partial charge in [0, 0.05) is 37.5 Å². The Bertz CT molecular complexity index is 1760. The topological polar surface area (TPSA) is 157 Å². The lowest BCUT2D eigenvalue weighted by atomic mass is 9.90. The molecule has 0 bridgehead atoms. The molecule has 0 amide bonds. The van der Waals surface area contributed by atoms with Gasteiger partial charge < -0.3 is 30.5 Å². The third-order valence-corrected chi connectivity index (χ3v) is 8.88. The number of piperidine rings is 1. The van der Waals surface area contributed by atoms with Gasteiger partial charge in [-0.1, -0.05) is 6.92 Å². The number of halogens is 2. The molecule has 0 radical (unpaired) electrons. The molecule has 3 aromatic heterocycles. The highest BCUT2D eigenvalue weighted by Crippen LogP contribution is 2.35. The van der Waals surface area contributed by atoms with Crippen LogP contribution < -0.4 is 16.0 Å². The highest BCUT2D eigenvalue weighted by atomic mass is 32.2. The van der Waals surface area contributed by atoms with Crippen LogP contribution in [0, 0.1) is 17.6 Å². The highest BCUT2D eigenvalue weighted by molar-refractivity contribution is 7.90.